The second kappa shape index (κ2) is 19.5. The zero-order valence-electron chi connectivity index (χ0n) is 24.7. The van der Waals surface area contributed by atoms with Crippen molar-refractivity contribution in [3.05, 3.63) is 155 Å². The molecule has 0 aliphatic carbocycles. The molecule has 44 heavy (non-hydrogen) atoms. The Morgan fingerprint density at radius 2 is 1.50 bits per heavy atom. The van der Waals surface area contributed by atoms with Gasteiger partial charge in [0.25, 0.3) is 6.47 Å². The van der Waals surface area contributed by atoms with Crippen molar-refractivity contribution in [2.24, 2.45) is 0 Å². The molecule has 0 aliphatic rings. The lowest BCUT2D eigenvalue weighted by molar-refractivity contribution is -0.126. The molecule has 226 valence electrons. The zero-order chi connectivity index (χ0) is 31.4. The molecule has 0 aliphatic heterocycles. The third kappa shape index (κ3) is 11.9. The van der Waals surface area contributed by atoms with Gasteiger partial charge in [-0.05, 0) is 53.5 Å². The van der Waals surface area contributed by atoms with Gasteiger partial charge >= 0.3 is 0 Å². The number of ether oxygens (including phenoxy) is 3. The number of amides is 1. The normalized spacial score (nSPS) is 11.0. The summed E-state index contributed by atoms with van der Waals surface area (Å²) in [6.45, 7) is 5.22. The molecule has 0 unspecified atom stereocenters. The minimum atomic E-state index is -0.161. The van der Waals surface area contributed by atoms with E-state index in [2.05, 4.69) is 62.9 Å². The molecular weight excluding hydrogens is 618 g/mol. The third-order valence-corrected chi connectivity index (χ3v) is 6.66. The maximum atomic E-state index is 13.0. The fourth-order valence-corrected chi connectivity index (χ4v) is 4.51. The smallest absolute Gasteiger partial charge is 0.292 e. The Kier molecular flexibility index (Phi) is 14.9. The zero-order valence-corrected chi connectivity index (χ0v) is 26.2. The van der Waals surface area contributed by atoms with Crippen molar-refractivity contribution < 1.29 is 23.8 Å². The van der Waals surface area contributed by atoms with Crippen molar-refractivity contribution >= 4 is 28.3 Å². The summed E-state index contributed by atoms with van der Waals surface area (Å²) < 4.78 is 16.6. The molecule has 0 fully saturated rings. The molecule has 0 atom stereocenters. The van der Waals surface area contributed by atoms with Crippen LogP contribution in [0.4, 0.5) is 0 Å². The van der Waals surface area contributed by atoms with E-state index in [0.29, 0.717) is 31.6 Å². The Hall–Kier alpha value is -4.72. The van der Waals surface area contributed by atoms with E-state index in [9.17, 15) is 4.79 Å². The Bertz CT molecular complexity index is 1520. The van der Waals surface area contributed by atoms with Gasteiger partial charge in [0.15, 0.2) is 0 Å². The highest BCUT2D eigenvalue weighted by Crippen LogP contribution is 2.33. The van der Waals surface area contributed by atoms with Crippen LogP contribution in [0.3, 0.4) is 0 Å². The van der Waals surface area contributed by atoms with Crippen LogP contribution >= 0.6 is 15.9 Å². The average Bonchev–Trinajstić information content (AvgIpc) is 3.06. The minimum Gasteiger partial charge on any atom is -0.471 e. The van der Waals surface area contributed by atoms with E-state index in [-0.39, 0.29) is 12.5 Å². The van der Waals surface area contributed by atoms with Crippen LogP contribution in [-0.4, -0.2) is 32.6 Å². The predicted octanol–water partition coefficient (Wildman–Crippen LogP) is 8.20. The number of rotatable bonds is 14. The highest BCUT2D eigenvalue weighted by molar-refractivity contribution is 9.11. The standard InChI is InChI=1S/C35H32BrNO3.C2H4O2/c1-2-11-31(36)24-30(26-39-25-28-12-5-3-6-13-28)35(38)37-23-22-27-18-20-29(21-19-27)33-16-9-10-17-34(33)40-32-14-7-4-8-15-32;1-4-2-3/h2-21,24H,1,22-23,25-26H2,(H,37,38);2H,1H3/b30-24+,31-11+;. The number of carbonyl (C=O) groups is 2. The quantitative estimate of drug-likeness (QED) is 0.0843. The average molecular weight is 655 g/mol. The van der Waals surface area contributed by atoms with Crippen molar-refractivity contribution in [3.8, 4) is 22.6 Å². The summed E-state index contributed by atoms with van der Waals surface area (Å²) in [7, 11) is 1.31. The SMILES string of the molecule is C=C/C=C(Br)\C=C(/COCc1ccccc1)C(=O)NCCc1ccc(-c2ccccc2Oc2ccccc2)cc1.COC=O. The van der Waals surface area contributed by atoms with Crippen LogP contribution in [0.5, 0.6) is 11.5 Å². The number of para-hydroxylation sites is 2. The monoisotopic (exact) mass is 653 g/mol. The lowest BCUT2D eigenvalue weighted by Crippen LogP contribution is -2.29. The van der Waals surface area contributed by atoms with Crippen LogP contribution in [0, 0.1) is 0 Å². The van der Waals surface area contributed by atoms with Gasteiger partial charge in [0.05, 0.1) is 20.3 Å². The Balaban J connectivity index is 0.00000124. The first-order chi connectivity index (χ1) is 21.5. The van der Waals surface area contributed by atoms with Gasteiger partial charge in [0, 0.05) is 22.2 Å². The maximum absolute atomic E-state index is 13.0. The van der Waals surface area contributed by atoms with Crippen LogP contribution in [0.15, 0.2) is 144 Å². The molecule has 1 amide bonds. The van der Waals surface area contributed by atoms with Crippen molar-refractivity contribution in [2.45, 2.75) is 13.0 Å². The van der Waals surface area contributed by atoms with Crippen molar-refractivity contribution in [3.63, 3.8) is 0 Å². The topological polar surface area (TPSA) is 73.9 Å². The van der Waals surface area contributed by atoms with Crippen LogP contribution in [0.2, 0.25) is 0 Å². The van der Waals surface area contributed by atoms with Gasteiger partial charge in [-0.1, -0.05) is 120 Å². The van der Waals surface area contributed by atoms with E-state index < -0.39 is 0 Å². The molecule has 0 radical (unpaired) electrons. The summed E-state index contributed by atoms with van der Waals surface area (Å²) in [5, 5.41) is 3.03. The Morgan fingerprint density at radius 1 is 0.864 bits per heavy atom. The lowest BCUT2D eigenvalue weighted by atomic mass is 10.0. The number of benzene rings is 4. The van der Waals surface area contributed by atoms with Crippen LogP contribution in [0.1, 0.15) is 11.1 Å². The van der Waals surface area contributed by atoms with E-state index in [1.54, 1.807) is 18.2 Å². The number of hydrogen-bond donors (Lipinski definition) is 1. The van der Waals surface area contributed by atoms with Gasteiger partial charge in [-0.2, -0.15) is 0 Å². The first-order valence-corrected chi connectivity index (χ1v) is 14.8. The van der Waals surface area contributed by atoms with Crippen LogP contribution < -0.4 is 10.1 Å². The second-order valence-corrected chi connectivity index (χ2v) is 10.3. The number of hydrogen-bond acceptors (Lipinski definition) is 5. The molecule has 0 saturated carbocycles. The fraction of sp³-hybridized carbons (Fsp3) is 0.135. The molecule has 0 bridgehead atoms. The van der Waals surface area contributed by atoms with E-state index in [1.165, 1.54) is 7.11 Å². The summed E-state index contributed by atoms with van der Waals surface area (Å²) in [5.74, 6) is 1.44. The number of nitrogens with one attached hydrogen (secondary N) is 1. The summed E-state index contributed by atoms with van der Waals surface area (Å²) >= 11 is 3.47. The van der Waals surface area contributed by atoms with E-state index >= 15 is 0 Å². The highest BCUT2D eigenvalue weighted by Gasteiger charge is 2.11. The van der Waals surface area contributed by atoms with E-state index in [0.717, 1.165) is 38.2 Å². The number of allylic oxidation sites excluding steroid dienone is 4. The maximum Gasteiger partial charge on any atom is 0.292 e. The third-order valence-electron chi connectivity index (χ3n) is 6.17. The number of halogens is 1. The molecule has 1 N–H and O–H groups in total. The first kappa shape index (κ1) is 33.8. The summed E-state index contributed by atoms with van der Waals surface area (Å²) in [5.41, 5.74) is 4.81. The largest absolute Gasteiger partial charge is 0.471 e. The molecular formula is C37H36BrNO5. The molecule has 6 nitrogen and oxygen atoms in total. The summed E-state index contributed by atoms with van der Waals surface area (Å²) in [6.07, 6.45) is 5.92. The predicted molar refractivity (Wildman–Crippen MR) is 180 cm³/mol. The summed E-state index contributed by atoms with van der Waals surface area (Å²) in [4.78, 5) is 21.9. The van der Waals surface area contributed by atoms with E-state index in [1.807, 2.05) is 78.9 Å². The molecule has 0 saturated heterocycles. The van der Waals surface area contributed by atoms with Gasteiger partial charge in [-0.3, -0.25) is 9.59 Å². The van der Waals surface area contributed by atoms with Crippen LogP contribution in [-0.2, 0) is 32.1 Å². The number of methoxy groups -OCH3 is 1. The van der Waals surface area contributed by atoms with Gasteiger partial charge < -0.3 is 19.5 Å². The number of carbonyl (C=O) groups excluding carboxylic acids is 2. The molecule has 7 heteroatoms. The first-order valence-electron chi connectivity index (χ1n) is 14.0. The van der Waals surface area contributed by atoms with Gasteiger partial charge in [-0.25, -0.2) is 0 Å². The molecule has 0 heterocycles. The van der Waals surface area contributed by atoms with Crippen molar-refractivity contribution in [2.75, 3.05) is 20.3 Å². The Morgan fingerprint density at radius 3 is 2.16 bits per heavy atom. The van der Waals surface area contributed by atoms with Crippen molar-refractivity contribution in [1.29, 1.82) is 0 Å². The summed E-state index contributed by atoms with van der Waals surface area (Å²) in [6, 6.07) is 36.0. The molecule has 4 aromatic rings. The molecule has 0 aromatic heterocycles. The minimum absolute atomic E-state index is 0.161. The fourth-order valence-electron chi connectivity index (χ4n) is 4.05. The molecule has 4 aromatic carbocycles. The van der Waals surface area contributed by atoms with E-state index in [4.69, 9.17) is 14.3 Å². The highest BCUT2D eigenvalue weighted by atomic mass is 79.9. The Labute approximate surface area is 267 Å². The molecule has 0 spiro atoms. The van der Waals surface area contributed by atoms with Gasteiger partial charge in [0.2, 0.25) is 5.91 Å². The van der Waals surface area contributed by atoms with Gasteiger partial charge in [0.1, 0.15) is 11.5 Å². The second-order valence-electron chi connectivity index (χ2n) is 9.38. The molecule has 4 rings (SSSR count). The lowest BCUT2D eigenvalue weighted by Gasteiger charge is -2.12. The van der Waals surface area contributed by atoms with Gasteiger partial charge in [-0.15, -0.1) is 0 Å². The van der Waals surface area contributed by atoms with Crippen molar-refractivity contribution in [1.82, 2.24) is 5.32 Å². The van der Waals surface area contributed by atoms with Crippen LogP contribution in [0.25, 0.3) is 11.1 Å².